The molecular weight excluding hydrogens is 126 g/mol. The Balaban J connectivity index is 1.94. The van der Waals surface area contributed by atoms with Crippen LogP contribution in [0.3, 0.4) is 0 Å². The summed E-state index contributed by atoms with van der Waals surface area (Å²) in [5, 5.41) is 12.3. The van der Waals surface area contributed by atoms with E-state index in [0.29, 0.717) is 12.6 Å². The molecule has 2 aliphatic rings. The van der Waals surface area contributed by atoms with E-state index in [2.05, 4.69) is 5.32 Å². The molecule has 1 aliphatic heterocycles. The van der Waals surface area contributed by atoms with E-state index in [4.69, 9.17) is 5.11 Å². The second kappa shape index (κ2) is 2.51. The van der Waals surface area contributed by atoms with Gasteiger partial charge in [-0.1, -0.05) is 6.42 Å². The Kier molecular flexibility index (Phi) is 1.66. The average Bonchev–Trinajstić information content (AvgIpc) is 2.42. The zero-order valence-electron chi connectivity index (χ0n) is 6.21. The van der Waals surface area contributed by atoms with Crippen molar-refractivity contribution in [2.75, 3.05) is 6.61 Å². The Morgan fingerprint density at radius 3 is 3.00 bits per heavy atom. The molecule has 0 aromatic heterocycles. The zero-order chi connectivity index (χ0) is 6.97. The van der Waals surface area contributed by atoms with E-state index in [1.54, 1.807) is 0 Å². The molecule has 2 N–H and O–H groups in total. The fourth-order valence-electron chi connectivity index (χ4n) is 2.40. The summed E-state index contributed by atoms with van der Waals surface area (Å²) in [7, 11) is 0. The van der Waals surface area contributed by atoms with Crippen LogP contribution >= 0.6 is 0 Å². The summed E-state index contributed by atoms with van der Waals surface area (Å²) < 4.78 is 0. The maximum atomic E-state index is 8.86. The topological polar surface area (TPSA) is 32.3 Å². The Morgan fingerprint density at radius 2 is 2.30 bits per heavy atom. The van der Waals surface area contributed by atoms with E-state index in [1.807, 2.05) is 0 Å². The summed E-state index contributed by atoms with van der Waals surface area (Å²) in [4.78, 5) is 0. The molecule has 1 aliphatic carbocycles. The molecule has 2 nitrogen and oxygen atoms in total. The number of rotatable bonds is 1. The highest BCUT2D eigenvalue weighted by atomic mass is 16.3. The Labute approximate surface area is 61.6 Å². The van der Waals surface area contributed by atoms with Gasteiger partial charge in [-0.25, -0.2) is 0 Å². The molecule has 0 amide bonds. The third-order valence-electron chi connectivity index (χ3n) is 2.92. The quantitative estimate of drug-likeness (QED) is 0.557. The van der Waals surface area contributed by atoms with Gasteiger partial charge in [-0.15, -0.1) is 0 Å². The molecule has 0 spiro atoms. The minimum atomic E-state index is 0.326. The minimum Gasteiger partial charge on any atom is -0.395 e. The van der Waals surface area contributed by atoms with E-state index in [0.717, 1.165) is 12.0 Å². The number of aliphatic hydroxyl groups is 1. The van der Waals surface area contributed by atoms with Gasteiger partial charge in [0.25, 0.3) is 0 Å². The lowest BCUT2D eigenvalue weighted by atomic mass is 10.0. The number of hydrogen-bond donors (Lipinski definition) is 2. The molecule has 0 radical (unpaired) electrons. The van der Waals surface area contributed by atoms with Crippen LogP contribution in [0.25, 0.3) is 0 Å². The molecule has 3 atom stereocenters. The second-order valence-electron chi connectivity index (χ2n) is 3.58. The van der Waals surface area contributed by atoms with Crippen LogP contribution in [0, 0.1) is 5.92 Å². The number of aliphatic hydroxyl groups excluding tert-OH is 1. The largest absolute Gasteiger partial charge is 0.395 e. The predicted molar refractivity (Wildman–Crippen MR) is 39.8 cm³/mol. The number of fused-ring (bicyclic) bond motifs is 1. The lowest BCUT2D eigenvalue weighted by Gasteiger charge is -2.08. The van der Waals surface area contributed by atoms with Crippen LogP contribution in [0.5, 0.6) is 0 Å². The smallest absolute Gasteiger partial charge is 0.0584 e. The molecule has 1 heterocycles. The molecule has 0 bridgehead atoms. The van der Waals surface area contributed by atoms with Gasteiger partial charge in [0.15, 0.2) is 0 Å². The SMILES string of the molecule is OC[C@@H]1C[C@@H]2CCCC2N1. The van der Waals surface area contributed by atoms with Gasteiger partial charge in [-0.2, -0.15) is 0 Å². The lowest BCUT2D eigenvalue weighted by Crippen LogP contribution is -2.31. The third kappa shape index (κ3) is 0.956. The summed E-state index contributed by atoms with van der Waals surface area (Å²) >= 11 is 0. The summed E-state index contributed by atoms with van der Waals surface area (Å²) in [5.41, 5.74) is 0. The van der Waals surface area contributed by atoms with E-state index in [1.165, 1.54) is 25.7 Å². The maximum absolute atomic E-state index is 8.86. The molecule has 2 fully saturated rings. The fraction of sp³-hybridized carbons (Fsp3) is 1.00. The van der Waals surface area contributed by atoms with Crippen molar-refractivity contribution in [3.63, 3.8) is 0 Å². The summed E-state index contributed by atoms with van der Waals surface area (Å²) in [5.74, 6) is 0.886. The van der Waals surface area contributed by atoms with Gasteiger partial charge in [-0.05, 0) is 25.2 Å². The normalized spacial score (nSPS) is 45.9. The highest BCUT2D eigenvalue weighted by molar-refractivity contribution is 4.93. The Morgan fingerprint density at radius 1 is 1.40 bits per heavy atom. The third-order valence-corrected chi connectivity index (χ3v) is 2.92. The average molecular weight is 141 g/mol. The zero-order valence-corrected chi connectivity index (χ0v) is 6.21. The van der Waals surface area contributed by atoms with Crippen LogP contribution in [-0.4, -0.2) is 23.8 Å². The van der Waals surface area contributed by atoms with Crippen molar-refractivity contribution in [3.05, 3.63) is 0 Å². The van der Waals surface area contributed by atoms with Gasteiger partial charge >= 0.3 is 0 Å². The second-order valence-corrected chi connectivity index (χ2v) is 3.58. The van der Waals surface area contributed by atoms with Crippen molar-refractivity contribution in [3.8, 4) is 0 Å². The van der Waals surface area contributed by atoms with E-state index >= 15 is 0 Å². The lowest BCUT2D eigenvalue weighted by molar-refractivity contribution is 0.248. The molecule has 2 rings (SSSR count). The van der Waals surface area contributed by atoms with Crippen molar-refractivity contribution >= 4 is 0 Å². The van der Waals surface area contributed by atoms with Crippen LogP contribution in [-0.2, 0) is 0 Å². The first kappa shape index (κ1) is 6.62. The van der Waals surface area contributed by atoms with Gasteiger partial charge in [-0.3, -0.25) is 0 Å². The molecule has 1 saturated heterocycles. The van der Waals surface area contributed by atoms with Gasteiger partial charge in [0.2, 0.25) is 0 Å². The number of nitrogens with one attached hydrogen (secondary N) is 1. The van der Waals surface area contributed by atoms with Crippen LogP contribution in [0.1, 0.15) is 25.7 Å². The molecule has 1 unspecified atom stereocenters. The van der Waals surface area contributed by atoms with Gasteiger partial charge < -0.3 is 10.4 Å². The van der Waals surface area contributed by atoms with Gasteiger partial charge in [0.1, 0.15) is 0 Å². The fourth-order valence-corrected chi connectivity index (χ4v) is 2.40. The number of hydrogen-bond acceptors (Lipinski definition) is 2. The maximum Gasteiger partial charge on any atom is 0.0584 e. The summed E-state index contributed by atoms with van der Waals surface area (Å²) in [6.07, 6.45) is 5.32. The first-order valence-electron chi connectivity index (χ1n) is 4.27. The molecular formula is C8H15NO. The Hall–Kier alpha value is -0.0800. The van der Waals surface area contributed by atoms with E-state index in [9.17, 15) is 0 Å². The van der Waals surface area contributed by atoms with Crippen molar-refractivity contribution < 1.29 is 5.11 Å². The molecule has 2 heteroatoms. The molecule has 0 aromatic carbocycles. The Bertz CT molecular complexity index is 114. The minimum absolute atomic E-state index is 0.326. The van der Waals surface area contributed by atoms with Crippen molar-refractivity contribution in [1.29, 1.82) is 0 Å². The highest BCUT2D eigenvalue weighted by Gasteiger charge is 2.35. The standard InChI is InChI=1S/C8H15NO/c10-5-7-4-6-2-1-3-8(6)9-7/h6-10H,1-5H2/t6-,7-,8?/m0/s1. The van der Waals surface area contributed by atoms with Crippen LogP contribution in [0.4, 0.5) is 0 Å². The summed E-state index contributed by atoms with van der Waals surface area (Å²) in [6.45, 7) is 0.326. The van der Waals surface area contributed by atoms with Crippen LogP contribution < -0.4 is 5.32 Å². The molecule has 10 heavy (non-hydrogen) atoms. The first-order chi connectivity index (χ1) is 4.90. The van der Waals surface area contributed by atoms with Crippen molar-refractivity contribution in [1.82, 2.24) is 5.32 Å². The van der Waals surface area contributed by atoms with Gasteiger partial charge in [0.05, 0.1) is 6.61 Å². The molecule has 58 valence electrons. The predicted octanol–water partition coefficient (Wildman–Crippen LogP) is 0.509. The molecule has 0 aromatic rings. The monoisotopic (exact) mass is 141 g/mol. The van der Waals surface area contributed by atoms with E-state index < -0.39 is 0 Å². The van der Waals surface area contributed by atoms with Crippen molar-refractivity contribution in [2.24, 2.45) is 5.92 Å². The van der Waals surface area contributed by atoms with Crippen LogP contribution in [0.15, 0.2) is 0 Å². The molecule has 1 saturated carbocycles. The van der Waals surface area contributed by atoms with Crippen molar-refractivity contribution in [2.45, 2.75) is 37.8 Å². The van der Waals surface area contributed by atoms with Gasteiger partial charge in [0, 0.05) is 12.1 Å². The summed E-state index contributed by atoms with van der Waals surface area (Å²) in [6, 6.07) is 1.16. The van der Waals surface area contributed by atoms with Crippen LogP contribution in [0.2, 0.25) is 0 Å². The highest BCUT2D eigenvalue weighted by Crippen LogP contribution is 2.34. The van der Waals surface area contributed by atoms with E-state index in [-0.39, 0.29) is 0 Å². The first-order valence-corrected chi connectivity index (χ1v) is 4.27.